The molecule has 0 spiro atoms. The molecule has 144 valence electrons. The van der Waals surface area contributed by atoms with Crippen molar-refractivity contribution in [2.75, 3.05) is 19.7 Å². The minimum Gasteiger partial charge on any atom is -0.489 e. The molecule has 27 heavy (non-hydrogen) atoms. The van der Waals surface area contributed by atoms with Gasteiger partial charge in [-0.3, -0.25) is 0 Å². The van der Waals surface area contributed by atoms with Crippen molar-refractivity contribution >= 4 is 8.03 Å². The molecular formula is C22H29NO3P+. The summed E-state index contributed by atoms with van der Waals surface area (Å²) < 4.78 is 23.0. The van der Waals surface area contributed by atoms with Crippen LogP contribution >= 0.6 is 8.03 Å². The van der Waals surface area contributed by atoms with Gasteiger partial charge < -0.3 is 10.1 Å². The summed E-state index contributed by atoms with van der Waals surface area (Å²) in [6.07, 6.45) is 4.02. The number of hydrogen-bond acceptors (Lipinski definition) is 4. The lowest BCUT2D eigenvalue weighted by Crippen LogP contribution is -2.28. The Hall–Kier alpha value is -1.74. The fourth-order valence-corrected chi connectivity index (χ4v) is 4.34. The molecule has 1 heterocycles. The van der Waals surface area contributed by atoms with Crippen LogP contribution in [0, 0.1) is 5.92 Å². The Bertz CT molecular complexity index is 727. The number of hydrogen-bond donors (Lipinski definition) is 1. The zero-order valence-electron chi connectivity index (χ0n) is 16.0. The highest BCUT2D eigenvalue weighted by atomic mass is 31.1. The van der Waals surface area contributed by atoms with Crippen LogP contribution in [0.15, 0.2) is 48.5 Å². The lowest BCUT2D eigenvalue weighted by atomic mass is 9.90. The van der Waals surface area contributed by atoms with Crippen LogP contribution in [0.3, 0.4) is 0 Å². The summed E-state index contributed by atoms with van der Waals surface area (Å²) >= 11 is 0. The van der Waals surface area contributed by atoms with Crippen molar-refractivity contribution < 1.29 is 13.8 Å². The molecule has 1 saturated heterocycles. The summed E-state index contributed by atoms with van der Waals surface area (Å²) in [5.41, 5.74) is 3.44. The molecule has 1 aliphatic rings. The van der Waals surface area contributed by atoms with E-state index in [1.807, 2.05) is 37.3 Å². The van der Waals surface area contributed by atoms with Crippen LogP contribution in [-0.4, -0.2) is 19.7 Å². The molecule has 4 nitrogen and oxygen atoms in total. The van der Waals surface area contributed by atoms with Gasteiger partial charge in [-0.25, -0.2) is 0 Å². The third kappa shape index (κ3) is 6.42. The predicted molar refractivity (Wildman–Crippen MR) is 109 cm³/mol. The molecule has 0 saturated carbocycles. The molecule has 1 unspecified atom stereocenters. The van der Waals surface area contributed by atoms with E-state index in [4.69, 9.17) is 9.26 Å². The van der Waals surface area contributed by atoms with E-state index in [-0.39, 0.29) is 0 Å². The first-order valence-corrected chi connectivity index (χ1v) is 11.2. The molecule has 0 radical (unpaired) electrons. The number of ether oxygens (including phenoxy) is 1. The molecule has 1 aliphatic heterocycles. The van der Waals surface area contributed by atoms with Gasteiger partial charge in [0.1, 0.15) is 12.4 Å². The monoisotopic (exact) mass is 386 g/mol. The van der Waals surface area contributed by atoms with Gasteiger partial charge >= 0.3 is 8.03 Å². The largest absolute Gasteiger partial charge is 0.512 e. The predicted octanol–water partition coefficient (Wildman–Crippen LogP) is 5.09. The van der Waals surface area contributed by atoms with Gasteiger partial charge in [-0.15, -0.1) is 4.52 Å². The van der Waals surface area contributed by atoms with E-state index in [0.29, 0.717) is 19.4 Å². The summed E-state index contributed by atoms with van der Waals surface area (Å²) in [7, 11) is -1.61. The van der Waals surface area contributed by atoms with Gasteiger partial charge in [0.2, 0.25) is 6.16 Å². The second-order valence-electron chi connectivity index (χ2n) is 7.02. The van der Waals surface area contributed by atoms with E-state index < -0.39 is 8.03 Å². The first kappa shape index (κ1) is 20.0. The van der Waals surface area contributed by atoms with Gasteiger partial charge in [0.25, 0.3) is 0 Å². The summed E-state index contributed by atoms with van der Waals surface area (Å²) in [4.78, 5) is 0. The number of nitrogens with one attached hydrogen (secondary N) is 1. The maximum Gasteiger partial charge on any atom is 0.512 e. The Labute approximate surface area is 163 Å². The SMILES string of the molecule is CCO[P+](=O)Cc1ccc(COc2ccccc2CC2CCNCC2)cc1. The van der Waals surface area contributed by atoms with E-state index in [1.54, 1.807) is 0 Å². The highest BCUT2D eigenvalue weighted by molar-refractivity contribution is 7.38. The van der Waals surface area contributed by atoms with Crippen LogP contribution in [0.2, 0.25) is 0 Å². The number of piperidine rings is 1. The second-order valence-corrected chi connectivity index (χ2v) is 8.26. The first-order chi connectivity index (χ1) is 13.2. The minimum absolute atomic E-state index is 0.462. The van der Waals surface area contributed by atoms with Gasteiger partial charge in [0, 0.05) is 5.56 Å². The van der Waals surface area contributed by atoms with Crippen LogP contribution < -0.4 is 10.1 Å². The highest BCUT2D eigenvalue weighted by Gasteiger charge is 2.17. The smallest absolute Gasteiger partial charge is 0.489 e. The zero-order chi connectivity index (χ0) is 18.9. The Balaban J connectivity index is 1.56. The topological polar surface area (TPSA) is 47.6 Å². The van der Waals surface area contributed by atoms with Gasteiger partial charge in [-0.2, -0.15) is 0 Å². The molecule has 0 aliphatic carbocycles. The van der Waals surface area contributed by atoms with Crippen LogP contribution in [0.4, 0.5) is 0 Å². The Morgan fingerprint density at radius 3 is 2.48 bits per heavy atom. The summed E-state index contributed by atoms with van der Waals surface area (Å²) in [5, 5.41) is 3.43. The Morgan fingerprint density at radius 1 is 1.04 bits per heavy atom. The van der Waals surface area contributed by atoms with Gasteiger partial charge in [0.15, 0.2) is 0 Å². The molecular weight excluding hydrogens is 357 g/mol. The standard InChI is InChI=1S/C22H29NO3P/c1-2-26-27(24)17-20-9-7-19(8-10-20)16-25-22-6-4-3-5-21(22)15-18-11-13-23-14-12-18/h3-10,18,23H,2,11-17H2,1H3/q+1. The molecule has 0 aromatic heterocycles. The quantitative estimate of drug-likeness (QED) is 0.610. The third-order valence-electron chi connectivity index (χ3n) is 4.94. The first-order valence-electron chi connectivity index (χ1n) is 9.81. The Morgan fingerprint density at radius 2 is 1.74 bits per heavy atom. The van der Waals surface area contributed by atoms with Crippen molar-refractivity contribution in [3.63, 3.8) is 0 Å². The third-order valence-corrected chi connectivity index (χ3v) is 6.11. The van der Waals surface area contributed by atoms with Gasteiger partial charge in [-0.1, -0.05) is 42.5 Å². The lowest BCUT2D eigenvalue weighted by molar-refractivity contribution is 0.297. The van der Waals surface area contributed by atoms with Crippen LogP contribution in [0.5, 0.6) is 5.75 Å². The highest BCUT2D eigenvalue weighted by Crippen LogP contribution is 2.28. The average molecular weight is 386 g/mol. The number of benzene rings is 2. The molecule has 5 heteroatoms. The molecule has 0 amide bonds. The lowest BCUT2D eigenvalue weighted by Gasteiger charge is -2.23. The summed E-state index contributed by atoms with van der Waals surface area (Å²) in [5.74, 6) is 1.72. The molecule has 3 rings (SSSR count). The maximum atomic E-state index is 11.7. The fourth-order valence-electron chi connectivity index (χ4n) is 3.45. The fraction of sp³-hybridized carbons (Fsp3) is 0.455. The van der Waals surface area contributed by atoms with Crippen LogP contribution in [-0.2, 0) is 28.3 Å². The molecule has 1 N–H and O–H groups in total. The van der Waals surface area contributed by atoms with E-state index in [2.05, 4.69) is 23.5 Å². The molecule has 2 aromatic carbocycles. The molecule has 1 atom stereocenters. The van der Waals surface area contributed by atoms with E-state index in [9.17, 15) is 4.57 Å². The van der Waals surface area contributed by atoms with Crippen molar-refractivity contribution in [3.8, 4) is 5.75 Å². The van der Waals surface area contributed by atoms with E-state index in [0.717, 1.165) is 42.3 Å². The van der Waals surface area contributed by atoms with Crippen molar-refractivity contribution in [3.05, 3.63) is 65.2 Å². The molecule has 1 fully saturated rings. The average Bonchev–Trinajstić information content (AvgIpc) is 2.69. The van der Waals surface area contributed by atoms with Gasteiger partial charge in [0.05, 0.1) is 6.61 Å². The Kier molecular flexibility index (Phi) is 7.82. The van der Waals surface area contributed by atoms with E-state index in [1.165, 1.54) is 18.4 Å². The second kappa shape index (κ2) is 10.6. The van der Waals surface area contributed by atoms with Crippen molar-refractivity contribution in [2.45, 2.75) is 39.0 Å². The summed E-state index contributed by atoms with van der Waals surface area (Å²) in [6, 6.07) is 16.5. The molecule has 2 aromatic rings. The number of para-hydroxylation sites is 1. The van der Waals surface area contributed by atoms with Crippen molar-refractivity contribution in [1.29, 1.82) is 0 Å². The summed E-state index contributed by atoms with van der Waals surface area (Å²) in [6.45, 7) is 5.12. The van der Waals surface area contributed by atoms with Gasteiger partial charge in [-0.05, 0) is 67.0 Å². The van der Waals surface area contributed by atoms with Crippen molar-refractivity contribution in [2.24, 2.45) is 5.92 Å². The van der Waals surface area contributed by atoms with Crippen LogP contribution in [0.1, 0.15) is 36.5 Å². The normalized spacial score (nSPS) is 15.5. The minimum atomic E-state index is -1.61. The maximum absolute atomic E-state index is 11.7. The molecule has 0 bridgehead atoms. The van der Waals surface area contributed by atoms with Crippen LogP contribution in [0.25, 0.3) is 0 Å². The van der Waals surface area contributed by atoms with Crippen molar-refractivity contribution in [1.82, 2.24) is 5.32 Å². The zero-order valence-corrected chi connectivity index (χ0v) is 16.9. The van der Waals surface area contributed by atoms with E-state index >= 15 is 0 Å². The number of rotatable bonds is 9.